The van der Waals surface area contributed by atoms with Crippen molar-refractivity contribution in [3.63, 3.8) is 0 Å². The highest BCUT2D eigenvalue weighted by molar-refractivity contribution is 7.99. The van der Waals surface area contributed by atoms with Crippen molar-refractivity contribution in [3.8, 4) is 0 Å². The standard InChI is InChI=1S/C13H15FN2O2S/c1-17-7-5-15-9-10-11(14)3-2-4-12(10)19-13-16-6-8-18-13/h2-4,6,8,15H,5,7,9H2,1H3. The van der Waals surface area contributed by atoms with Gasteiger partial charge in [-0.3, -0.25) is 0 Å². The first-order chi connectivity index (χ1) is 9.31. The summed E-state index contributed by atoms with van der Waals surface area (Å²) in [5.41, 5.74) is 0.613. The second-order valence-electron chi connectivity index (χ2n) is 3.79. The highest BCUT2D eigenvalue weighted by Gasteiger charge is 2.11. The van der Waals surface area contributed by atoms with Crippen LogP contribution in [-0.4, -0.2) is 25.2 Å². The number of nitrogens with one attached hydrogen (secondary N) is 1. The lowest BCUT2D eigenvalue weighted by Gasteiger charge is -2.09. The second-order valence-corrected chi connectivity index (χ2v) is 4.78. The van der Waals surface area contributed by atoms with Crippen LogP contribution in [0.4, 0.5) is 4.39 Å². The fourth-order valence-electron chi connectivity index (χ4n) is 1.55. The molecule has 1 aromatic heterocycles. The molecule has 0 saturated heterocycles. The van der Waals surface area contributed by atoms with Crippen LogP contribution in [0.15, 0.2) is 45.2 Å². The Kier molecular flexibility index (Phi) is 5.38. The zero-order valence-corrected chi connectivity index (χ0v) is 11.4. The van der Waals surface area contributed by atoms with Crippen molar-refractivity contribution < 1.29 is 13.5 Å². The van der Waals surface area contributed by atoms with Gasteiger partial charge in [-0.25, -0.2) is 9.37 Å². The summed E-state index contributed by atoms with van der Waals surface area (Å²) in [5, 5.41) is 3.64. The highest BCUT2D eigenvalue weighted by atomic mass is 32.2. The SMILES string of the molecule is COCCNCc1c(F)cccc1Sc1ncco1. The number of halogens is 1. The minimum atomic E-state index is -0.235. The number of hydrogen-bond donors (Lipinski definition) is 1. The third-order valence-electron chi connectivity index (χ3n) is 2.47. The van der Waals surface area contributed by atoms with E-state index in [-0.39, 0.29) is 5.82 Å². The van der Waals surface area contributed by atoms with Gasteiger partial charge in [-0.2, -0.15) is 0 Å². The molecule has 0 spiro atoms. The van der Waals surface area contributed by atoms with Gasteiger partial charge in [0.25, 0.3) is 5.22 Å². The average molecular weight is 282 g/mol. The van der Waals surface area contributed by atoms with E-state index < -0.39 is 0 Å². The zero-order valence-electron chi connectivity index (χ0n) is 10.6. The molecule has 102 valence electrons. The summed E-state index contributed by atoms with van der Waals surface area (Å²) >= 11 is 1.31. The Bertz CT molecular complexity index is 505. The lowest BCUT2D eigenvalue weighted by molar-refractivity contribution is 0.199. The van der Waals surface area contributed by atoms with Crippen LogP contribution in [0.5, 0.6) is 0 Å². The number of rotatable bonds is 7. The van der Waals surface area contributed by atoms with E-state index in [4.69, 9.17) is 9.15 Å². The molecule has 1 heterocycles. The van der Waals surface area contributed by atoms with Crippen molar-refractivity contribution in [2.24, 2.45) is 0 Å². The van der Waals surface area contributed by atoms with Gasteiger partial charge in [0.2, 0.25) is 0 Å². The quantitative estimate of drug-likeness (QED) is 0.791. The number of methoxy groups -OCH3 is 1. The highest BCUT2D eigenvalue weighted by Crippen LogP contribution is 2.30. The number of aromatic nitrogens is 1. The molecule has 0 unspecified atom stereocenters. The third-order valence-corrected chi connectivity index (χ3v) is 3.45. The molecule has 1 N–H and O–H groups in total. The number of hydrogen-bond acceptors (Lipinski definition) is 5. The van der Waals surface area contributed by atoms with Crippen LogP contribution in [0.2, 0.25) is 0 Å². The zero-order chi connectivity index (χ0) is 13.5. The average Bonchev–Trinajstić information content (AvgIpc) is 2.90. The predicted molar refractivity (Wildman–Crippen MR) is 70.6 cm³/mol. The van der Waals surface area contributed by atoms with Crippen LogP contribution in [0.25, 0.3) is 0 Å². The summed E-state index contributed by atoms with van der Waals surface area (Å²) in [6.07, 6.45) is 3.07. The Morgan fingerprint density at radius 3 is 3.11 bits per heavy atom. The maximum atomic E-state index is 13.9. The first-order valence-electron chi connectivity index (χ1n) is 5.85. The summed E-state index contributed by atoms with van der Waals surface area (Å²) in [6, 6.07) is 4.98. The van der Waals surface area contributed by atoms with Crippen molar-refractivity contribution in [1.29, 1.82) is 0 Å². The van der Waals surface area contributed by atoms with Gasteiger partial charge in [0, 0.05) is 30.7 Å². The van der Waals surface area contributed by atoms with E-state index in [0.717, 1.165) is 4.90 Å². The minimum Gasteiger partial charge on any atom is -0.440 e. The lowest BCUT2D eigenvalue weighted by Crippen LogP contribution is -2.19. The van der Waals surface area contributed by atoms with Crippen LogP contribution >= 0.6 is 11.8 Å². The predicted octanol–water partition coefficient (Wildman–Crippen LogP) is 2.70. The van der Waals surface area contributed by atoms with E-state index in [0.29, 0.717) is 30.5 Å². The molecule has 0 bridgehead atoms. The molecule has 0 aliphatic heterocycles. The van der Waals surface area contributed by atoms with E-state index in [2.05, 4.69) is 10.3 Å². The van der Waals surface area contributed by atoms with E-state index in [1.807, 2.05) is 6.07 Å². The van der Waals surface area contributed by atoms with Crippen LogP contribution in [-0.2, 0) is 11.3 Å². The lowest BCUT2D eigenvalue weighted by atomic mass is 10.2. The summed E-state index contributed by atoms with van der Waals surface area (Å²) in [7, 11) is 1.63. The summed E-state index contributed by atoms with van der Waals surface area (Å²) < 4.78 is 24.0. The Morgan fingerprint density at radius 1 is 1.47 bits per heavy atom. The first-order valence-corrected chi connectivity index (χ1v) is 6.67. The Labute approximate surface area is 115 Å². The van der Waals surface area contributed by atoms with Crippen LogP contribution < -0.4 is 5.32 Å². The summed E-state index contributed by atoms with van der Waals surface area (Å²) in [4.78, 5) is 4.82. The molecule has 19 heavy (non-hydrogen) atoms. The molecular formula is C13H15FN2O2S. The van der Waals surface area contributed by atoms with E-state index >= 15 is 0 Å². The molecule has 2 aromatic rings. The molecule has 1 aromatic carbocycles. The molecule has 2 rings (SSSR count). The smallest absolute Gasteiger partial charge is 0.260 e. The van der Waals surface area contributed by atoms with Gasteiger partial charge in [-0.05, 0) is 23.9 Å². The van der Waals surface area contributed by atoms with Gasteiger partial charge in [-0.15, -0.1) is 0 Å². The van der Waals surface area contributed by atoms with Gasteiger partial charge in [-0.1, -0.05) is 6.07 Å². The van der Waals surface area contributed by atoms with Gasteiger partial charge >= 0.3 is 0 Å². The van der Waals surface area contributed by atoms with Crippen LogP contribution in [0.3, 0.4) is 0 Å². The molecule has 4 nitrogen and oxygen atoms in total. The molecule has 0 amide bonds. The molecule has 0 aliphatic carbocycles. The molecule has 0 saturated carbocycles. The minimum absolute atomic E-state index is 0.235. The molecule has 0 atom stereocenters. The normalized spacial score (nSPS) is 10.8. The number of benzene rings is 1. The summed E-state index contributed by atoms with van der Waals surface area (Å²) in [6.45, 7) is 1.71. The molecule has 0 fully saturated rings. The van der Waals surface area contributed by atoms with Crippen molar-refractivity contribution >= 4 is 11.8 Å². The molecule has 0 radical (unpaired) electrons. The maximum Gasteiger partial charge on any atom is 0.260 e. The molecular weight excluding hydrogens is 267 g/mol. The number of oxazole rings is 1. The number of nitrogens with zero attached hydrogens (tertiary/aromatic N) is 1. The largest absolute Gasteiger partial charge is 0.440 e. The third kappa shape index (κ3) is 4.05. The van der Waals surface area contributed by atoms with Crippen molar-refractivity contribution in [2.75, 3.05) is 20.3 Å². The van der Waals surface area contributed by atoms with E-state index in [9.17, 15) is 4.39 Å². The summed E-state index contributed by atoms with van der Waals surface area (Å²) in [5.74, 6) is -0.235. The van der Waals surface area contributed by atoms with Crippen molar-refractivity contribution in [3.05, 3.63) is 42.0 Å². The molecule has 0 aliphatic rings. The van der Waals surface area contributed by atoms with Gasteiger partial charge in [0.15, 0.2) is 0 Å². The van der Waals surface area contributed by atoms with Gasteiger partial charge in [0.05, 0.1) is 12.8 Å². The number of ether oxygens (including phenoxy) is 1. The fraction of sp³-hybridized carbons (Fsp3) is 0.308. The van der Waals surface area contributed by atoms with Crippen molar-refractivity contribution in [1.82, 2.24) is 10.3 Å². The molecule has 6 heteroatoms. The van der Waals surface area contributed by atoms with E-state index in [1.54, 1.807) is 19.4 Å². The van der Waals surface area contributed by atoms with Crippen LogP contribution in [0, 0.1) is 5.82 Å². The Hall–Kier alpha value is -1.37. The monoisotopic (exact) mass is 282 g/mol. The van der Waals surface area contributed by atoms with Gasteiger partial charge in [0.1, 0.15) is 12.1 Å². The Balaban J connectivity index is 2.07. The fourth-order valence-corrected chi connectivity index (χ4v) is 2.39. The Morgan fingerprint density at radius 2 is 2.37 bits per heavy atom. The van der Waals surface area contributed by atoms with E-state index in [1.165, 1.54) is 24.1 Å². The topological polar surface area (TPSA) is 47.3 Å². The van der Waals surface area contributed by atoms with Crippen LogP contribution in [0.1, 0.15) is 5.56 Å². The van der Waals surface area contributed by atoms with Crippen molar-refractivity contribution in [2.45, 2.75) is 16.7 Å². The second kappa shape index (κ2) is 7.28. The maximum absolute atomic E-state index is 13.9. The van der Waals surface area contributed by atoms with Gasteiger partial charge < -0.3 is 14.5 Å². The first kappa shape index (κ1) is 14.0.